The van der Waals surface area contributed by atoms with Crippen molar-refractivity contribution in [3.63, 3.8) is 0 Å². The molecule has 0 spiro atoms. The molecule has 12 atom stereocenters. The number of Topliss-reactive ketones (excluding diaryl/α,β-unsaturated/α-hetero) is 5. The van der Waals surface area contributed by atoms with Crippen LogP contribution in [0, 0.1) is 47.3 Å². The Kier molecular flexibility index (Phi) is 33.8. The summed E-state index contributed by atoms with van der Waals surface area (Å²) in [6, 6.07) is 4.08. The highest BCUT2D eigenvalue weighted by atomic mass is 32.1. The zero-order chi connectivity index (χ0) is 72.3. The summed E-state index contributed by atoms with van der Waals surface area (Å²) >= 11 is 4.07. The Labute approximate surface area is 562 Å². The normalized spacial score (nSPS) is 16.3. The highest BCUT2D eigenvalue weighted by Crippen LogP contribution is 2.26. The standard InChI is InChI=1S/C65H95N11O19S/c1-33(2)21-35(5)50(82)26-40(24-38-13-17-43(80)18-14-38)60(90)72-46(9-7-19-70-65(68)69)51(83)22-36(6)58(88)73-47(29-54(66)86)52(84)28-45(34(3)4)61(91)75-55(56(96)64(94)95)53(85)27-41(31-77)63(93)76-20-8-10-49(76)62(92)71-30-44(81)25-39(23-37-11-15-42(79)16-12-37)59(89)74-48(32-78)57(67)87/h11-18,33-36,39-41,45-49,55-56,77-80,96H,7-10,19-32H2,1-6H3,(H2,66,86)(H2,67,87)(H,71,92)(H,72,90)(H,73,88)(H,74,89)(H,75,91)(H,94,95)(H4,68,69,70)/t35-,36+,39+,40+,41-,45-,46-,47-,48-,49-,55+,56+/m0/s1. The van der Waals surface area contributed by atoms with E-state index >= 15 is 0 Å². The van der Waals surface area contributed by atoms with Gasteiger partial charge < -0.3 is 80.0 Å². The number of nitrogens with two attached hydrogens (primary N) is 4. The van der Waals surface area contributed by atoms with Gasteiger partial charge in [0, 0.05) is 74.8 Å². The molecule has 1 aliphatic heterocycles. The monoisotopic (exact) mass is 1370 g/mol. The lowest BCUT2D eigenvalue weighted by Crippen LogP contribution is -2.54. The molecule has 530 valence electrons. The number of hydrogen-bond donors (Lipinski definition) is 15. The summed E-state index contributed by atoms with van der Waals surface area (Å²) in [6.45, 7) is 7.55. The minimum Gasteiger partial charge on any atom is -0.508 e. The second-order valence-corrected chi connectivity index (χ2v) is 25.8. The Morgan fingerprint density at radius 1 is 0.604 bits per heavy atom. The number of aliphatic carboxylic acids is 1. The number of phenolic OH excluding ortho intramolecular Hbond substituents is 2. The third kappa shape index (κ3) is 27.1. The summed E-state index contributed by atoms with van der Waals surface area (Å²) in [5.74, 6) is -20.2. The lowest BCUT2D eigenvalue weighted by Gasteiger charge is -2.29. The maximum Gasteiger partial charge on any atom is 0.318 e. The molecule has 0 unspecified atom stereocenters. The van der Waals surface area contributed by atoms with Crippen molar-refractivity contribution in [1.82, 2.24) is 31.5 Å². The van der Waals surface area contributed by atoms with Crippen LogP contribution in [0.25, 0.3) is 0 Å². The molecular weight excluding hydrogens is 1270 g/mol. The molecule has 0 aliphatic carbocycles. The molecular formula is C65H95N11O19S. The number of carboxylic acids is 1. The number of nitrogens with zero attached hydrogens (tertiary/aromatic N) is 2. The van der Waals surface area contributed by atoms with E-state index in [1.165, 1.54) is 57.2 Å². The Hall–Kier alpha value is -8.84. The van der Waals surface area contributed by atoms with Gasteiger partial charge in [-0.2, -0.15) is 12.6 Å². The summed E-state index contributed by atoms with van der Waals surface area (Å²) in [7, 11) is 0. The number of aromatic hydroxyl groups is 2. The van der Waals surface area contributed by atoms with Crippen molar-refractivity contribution in [2.45, 2.75) is 160 Å². The molecule has 0 aromatic heterocycles. The van der Waals surface area contributed by atoms with Gasteiger partial charge in [-0.3, -0.25) is 72.1 Å². The van der Waals surface area contributed by atoms with Crippen molar-refractivity contribution in [2.75, 3.05) is 32.8 Å². The van der Waals surface area contributed by atoms with Gasteiger partial charge in [0.2, 0.25) is 47.3 Å². The van der Waals surface area contributed by atoms with Crippen molar-refractivity contribution >= 4 is 101 Å². The van der Waals surface area contributed by atoms with Gasteiger partial charge >= 0.3 is 5.97 Å². The number of carbonyl (C=O) groups is 14. The number of ketones is 5. The third-order valence-corrected chi connectivity index (χ3v) is 17.0. The minimum absolute atomic E-state index is 0.0167. The fourth-order valence-corrected chi connectivity index (χ4v) is 11.3. The molecule has 8 amide bonds. The van der Waals surface area contributed by atoms with Crippen molar-refractivity contribution in [3.05, 3.63) is 59.7 Å². The number of guanidine groups is 1. The lowest BCUT2D eigenvalue weighted by atomic mass is 9.86. The van der Waals surface area contributed by atoms with Crippen LogP contribution in [0.5, 0.6) is 11.5 Å². The first kappa shape index (κ1) is 81.4. The first-order valence-electron chi connectivity index (χ1n) is 31.8. The topological polar surface area (TPSA) is 520 Å². The first-order valence-corrected chi connectivity index (χ1v) is 32.3. The van der Waals surface area contributed by atoms with Crippen molar-refractivity contribution in [3.8, 4) is 11.5 Å². The zero-order valence-electron chi connectivity index (χ0n) is 55.0. The maximum absolute atomic E-state index is 14.2. The Morgan fingerprint density at radius 3 is 1.64 bits per heavy atom. The Bertz CT molecular complexity index is 3110. The highest BCUT2D eigenvalue weighted by molar-refractivity contribution is 7.81. The first-order chi connectivity index (χ1) is 45.1. The SMILES string of the molecule is CC(C)C[C@H](C)C(=O)C[C@@H](Cc1ccc(O)cc1)C(=O)N[C@@H](CCCN=C(N)N)C(=O)C[C@@H](C)C(=O)N[C@@H](CC(N)=O)C(=O)C[C@H](C(=O)N[C@H](C(=O)C[C@@H](CO)C(=O)N1CCC[C@H]1C(=O)NCC(=O)C[C@@H](Cc1ccc(O)cc1)C(=O)N[C@@H](CO)C(N)=O)[C@@H](S)C(=O)O)C(C)C. The summed E-state index contributed by atoms with van der Waals surface area (Å²) in [5, 5.41) is 60.0. The molecule has 2 aromatic carbocycles. The number of amides is 8. The molecule has 96 heavy (non-hydrogen) atoms. The molecule has 31 heteroatoms. The number of aliphatic hydroxyl groups is 2. The van der Waals surface area contributed by atoms with Crippen LogP contribution in [0.1, 0.15) is 123 Å². The van der Waals surface area contributed by atoms with Crippen LogP contribution in [0.2, 0.25) is 0 Å². The molecule has 0 radical (unpaired) electrons. The second-order valence-electron chi connectivity index (χ2n) is 25.3. The number of aliphatic hydroxyl groups excluding tert-OH is 2. The highest BCUT2D eigenvalue weighted by Gasteiger charge is 2.42. The van der Waals surface area contributed by atoms with Crippen LogP contribution in [0.15, 0.2) is 53.5 Å². The number of hydrogen-bond acceptors (Lipinski definition) is 20. The number of rotatable bonds is 44. The molecule has 1 fully saturated rings. The van der Waals surface area contributed by atoms with Crippen LogP contribution in [0.3, 0.4) is 0 Å². The van der Waals surface area contributed by atoms with E-state index in [0.717, 1.165) is 4.90 Å². The van der Waals surface area contributed by atoms with Crippen molar-refractivity contribution in [2.24, 2.45) is 75.3 Å². The van der Waals surface area contributed by atoms with Crippen LogP contribution < -0.4 is 49.5 Å². The average Bonchev–Trinajstić information content (AvgIpc) is 1.46. The fourth-order valence-electron chi connectivity index (χ4n) is 11.0. The number of phenols is 2. The third-order valence-electron chi connectivity index (χ3n) is 16.5. The van der Waals surface area contributed by atoms with Crippen LogP contribution >= 0.6 is 12.6 Å². The number of thiol groups is 1. The molecule has 30 nitrogen and oxygen atoms in total. The van der Waals surface area contributed by atoms with E-state index in [1.54, 1.807) is 19.1 Å². The minimum atomic E-state index is -2.02. The number of primary amides is 2. The van der Waals surface area contributed by atoms with E-state index in [4.69, 9.17) is 22.9 Å². The van der Waals surface area contributed by atoms with Gasteiger partial charge in [0.1, 0.15) is 40.7 Å². The summed E-state index contributed by atoms with van der Waals surface area (Å²) in [4.78, 5) is 194. The molecule has 3 rings (SSSR count). The van der Waals surface area contributed by atoms with E-state index in [0.29, 0.717) is 17.5 Å². The van der Waals surface area contributed by atoms with Gasteiger partial charge in [0.25, 0.3) is 0 Å². The fraction of sp³-hybridized carbons (Fsp3) is 0.585. The largest absolute Gasteiger partial charge is 0.508 e. The molecule has 1 aliphatic rings. The number of benzene rings is 2. The van der Waals surface area contributed by atoms with Gasteiger partial charge in [-0.1, -0.05) is 65.8 Å². The van der Waals surface area contributed by atoms with Gasteiger partial charge in [-0.05, 0) is 92.2 Å². The molecule has 0 bridgehead atoms. The predicted octanol–water partition coefficient (Wildman–Crippen LogP) is -1.05. The van der Waals surface area contributed by atoms with Crippen LogP contribution in [-0.2, 0) is 80.0 Å². The molecule has 0 saturated carbocycles. The van der Waals surface area contributed by atoms with Gasteiger partial charge in [-0.15, -0.1) is 0 Å². The van der Waals surface area contributed by atoms with E-state index in [9.17, 15) is 92.7 Å². The summed E-state index contributed by atoms with van der Waals surface area (Å²) < 4.78 is 0. The van der Waals surface area contributed by atoms with E-state index in [-0.39, 0.29) is 93.1 Å². The molecule has 1 heterocycles. The van der Waals surface area contributed by atoms with Crippen LogP contribution in [0.4, 0.5) is 0 Å². The van der Waals surface area contributed by atoms with Crippen molar-refractivity contribution in [1.29, 1.82) is 0 Å². The molecule has 2 aromatic rings. The Balaban J connectivity index is 1.78. The number of carboxylic acid groups (broad SMARTS) is 1. The number of aliphatic imine (C=N–C) groups is 1. The second kappa shape index (κ2) is 39.9. The predicted molar refractivity (Wildman–Crippen MR) is 351 cm³/mol. The molecule has 1 saturated heterocycles. The van der Waals surface area contributed by atoms with Gasteiger partial charge in [-0.25, -0.2) is 0 Å². The quantitative estimate of drug-likeness (QED) is 0.0163. The smallest absolute Gasteiger partial charge is 0.318 e. The lowest BCUT2D eigenvalue weighted by molar-refractivity contribution is -0.145. The summed E-state index contributed by atoms with van der Waals surface area (Å²) in [6.07, 6.45) is -2.61. The van der Waals surface area contributed by atoms with E-state index in [1.807, 2.05) is 13.8 Å². The maximum atomic E-state index is 14.2. The summed E-state index contributed by atoms with van der Waals surface area (Å²) in [5.41, 5.74) is 22.9. The Morgan fingerprint density at radius 2 is 1.14 bits per heavy atom. The number of carbonyl (C=O) groups excluding carboxylic acids is 13. The number of likely N-dealkylation sites (tertiary alicyclic amines) is 1. The van der Waals surface area contributed by atoms with Crippen LogP contribution in [-0.4, -0.2) is 187 Å². The van der Waals surface area contributed by atoms with E-state index < -0.39 is 199 Å². The zero-order valence-corrected chi connectivity index (χ0v) is 55.9. The number of nitrogens with one attached hydrogen (secondary N) is 5. The van der Waals surface area contributed by atoms with E-state index in [2.05, 4.69) is 44.2 Å². The molecule has 18 N–H and O–H groups in total. The van der Waals surface area contributed by atoms with Gasteiger partial charge in [0.15, 0.2) is 29.1 Å². The van der Waals surface area contributed by atoms with Crippen molar-refractivity contribution < 1.29 is 92.7 Å². The van der Waals surface area contributed by atoms with Gasteiger partial charge in [0.05, 0.1) is 44.2 Å². The average molecular weight is 1370 g/mol.